The highest BCUT2D eigenvalue weighted by molar-refractivity contribution is 7.99. The van der Waals surface area contributed by atoms with Crippen LogP contribution in [-0.2, 0) is 11.3 Å². The third-order valence-electron chi connectivity index (χ3n) is 5.01. The Hall–Kier alpha value is -2.78. The van der Waals surface area contributed by atoms with Gasteiger partial charge in [-0.1, -0.05) is 65.6 Å². The Morgan fingerprint density at radius 3 is 2.80 bits per heavy atom. The van der Waals surface area contributed by atoms with Crippen LogP contribution >= 0.6 is 23.1 Å². The molecule has 0 bridgehead atoms. The summed E-state index contributed by atoms with van der Waals surface area (Å²) in [5.41, 5.74) is 3.13. The fraction of sp³-hybridized carbons (Fsp3) is 0.286. The Bertz CT molecular complexity index is 1180. The van der Waals surface area contributed by atoms with E-state index in [2.05, 4.69) is 15.5 Å². The first-order valence-corrected chi connectivity index (χ1v) is 11.6. The van der Waals surface area contributed by atoms with E-state index in [1.807, 2.05) is 60.1 Å². The molecule has 0 saturated heterocycles. The maximum atomic E-state index is 13.3. The predicted octanol–water partition coefficient (Wildman–Crippen LogP) is 4.25. The molecule has 4 aromatic rings. The van der Waals surface area contributed by atoms with Gasteiger partial charge in [0.1, 0.15) is 0 Å². The number of fused-ring (bicyclic) bond motifs is 1. The number of hydrogen-bond acceptors (Lipinski definition) is 7. The standard InChI is InChI=1S/C21H20N6OS2/c1-14-6-5-9-17-19(14)22-20(30-17)26(12-15-7-3-2-4-8-15)18(28)13-29-21-23-24-25-27(21)16-10-11-16/h2-9,16H,10-13H2,1H3. The van der Waals surface area contributed by atoms with Crippen LogP contribution in [0.1, 0.15) is 30.0 Å². The molecule has 0 N–H and O–H groups in total. The summed E-state index contributed by atoms with van der Waals surface area (Å²) >= 11 is 2.93. The van der Waals surface area contributed by atoms with Crippen molar-refractivity contribution >= 4 is 44.4 Å². The number of hydrogen-bond donors (Lipinski definition) is 0. The Labute approximate surface area is 182 Å². The minimum atomic E-state index is -0.00842. The van der Waals surface area contributed by atoms with Crippen molar-refractivity contribution in [1.82, 2.24) is 25.2 Å². The van der Waals surface area contributed by atoms with Crippen molar-refractivity contribution in [3.05, 3.63) is 59.7 Å². The van der Waals surface area contributed by atoms with Crippen LogP contribution in [-0.4, -0.2) is 36.9 Å². The largest absolute Gasteiger partial charge is 0.283 e. The number of nitrogens with zero attached hydrogens (tertiary/aromatic N) is 6. The number of tetrazole rings is 1. The lowest BCUT2D eigenvalue weighted by Gasteiger charge is -2.19. The van der Waals surface area contributed by atoms with Crippen LogP contribution in [0, 0.1) is 6.92 Å². The van der Waals surface area contributed by atoms with Crippen LogP contribution < -0.4 is 4.90 Å². The number of para-hydroxylation sites is 1. The van der Waals surface area contributed by atoms with E-state index in [0.717, 1.165) is 39.3 Å². The Morgan fingerprint density at radius 1 is 1.20 bits per heavy atom. The number of carbonyl (C=O) groups excluding carboxylic acids is 1. The van der Waals surface area contributed by atoms with Gasteiger partial charge in [-0.2, -0.15) is 0 Å². The molecule has 0 aliphatic heterocycles. The van der Waals surface area contributed by atoms with E-state index in [1.165, 1.54) is 11.8 Å². The second kappa shape index (κ2) is 8.16. The van der Waals surface area contributed by atoms with Crippen LogP contribution in [0.25, 0.3) is 10.2 Å². The highest BCUT2D eigenvalue weighted by Crippen LogP contribution is 2.37. The first kappa shape index (κ1) is 19.2. The molecule has 9 heteroatoms. The van der Waals surface area contributed by atoms with E-state index in [9.17, 15) is 4.79 Å². The number of thioether (sulfide) groups is 1. The Kier molecular flexibility index (Phi) is 5.22. The van der Waals surface area contributed by atoms with E-state index < -0.39 is 0 Å². The summed E-state index contributed by atoms with van der Waals surface area (Å²) in [4.78, 5) is 19.9. The number of carbonyl (C=O) groups is 1. The maximum Gasteiger partial charge on any atom is 0.239 e. The zero-order valence-electron chi connectivity index (χ0n) is 16.4. The van der Waals surface area contributed by atoms with E-state index in [1.54, 1.807) is 16.2 Å². The van der Waals surface area contributed by atoms with Gasteiger partial charge in [0.2, 0.25) is 11.1 Å². The van der Waals surface area contributed by atoms with E-state index in [-0.39, 0.29) is 11.7 Å². The zero-order valence-corrected chi connectivity index (χ0v) is 18.1. The number of rotatable bonds is 7. The van der Waals surface area contributed by atoms with Crippen LogP contribution in [0.2, 0.25) is 0 Å². The van der Waals surface area contributed by atoms with Crippen LogP contribution in [0.4, 0.5) is 5.13 Å². The minimum Gasteiger partial charge on any atom is -0.283 e. The van der Waals surface area contributed by atoms with Gasteiger partial charge >= 0.3 is 0 Å². The van der Waals surface area contributed by atoms with Gasteiger partial charge in [-0.15, -0.1) is 5.10 Å². The highest BCUT2D eigenvalue weighted by Gasteiger charge is 2.29. The van der Waals surface area contributed by atoms with Crippen LogP contribution in [0.15, 0.2) is 53.7 Å². The van der Waals surface area contributed by atoms with Gasteiger partial charge < -0.3 is 0 Å². The molecular weight excluding hydrogens is 416 g/mol. The summed E-state index contributed by atoms with van der Waals surface area (Å²) in [6.45, 7) is 2.52. The lowest BCUT2D eigenvalue weighted by atomic mass is 10.2. The molecular formula is C21H20N6OS2. The van der Waals surface area contributed by atoms with Crippen LogP contribution in [0.5, 0.6) is 0 Å². The maximum absolute atomic E-state index is 13.3. The number of amides is 1. The smallest absolute Gasteiger partial charge is 0.239 e. The second-order valence-electron chi connectivity index (χ2n) is 7.31. The van der Waals surface area contributed by atoms with Gasteiger partial charge in [0.15, 0.2) is 5.13 Å². The number of anilines is 1. The molecule has 2 heterocycles. The van der Waals surface area contributed by atoms with Crippen molar-refractivity contribution in [3.63, 3.8) is 0 Å². The zero-order chi connectivity index (χ0) is 20.5. The third kappa shape index (κ3) is 3.95. The second-order valence-corrected chi connectivity index (χ2v) is 9.26. The quantitative estimate of drug-likeness (QED) is 0.403. The molecule has 30 heavy (non-hydrogen) atoms. The normalized spacial score (nSPS) is 13.6. The molecule has 0 spiro atoms. The van der Waals surface area contributed by atoms with E-state index in [0.29, 0.717) is 17.7 Å². The molecule has 2 aromatic carbocycles. The van der Waals surface area contributed by atoms with E-state index in [4.69, 9.17) is 4.98 Å². The van der Waals surface area contributed by atoms with Crippen molar-refractivity contribution < 1.29 is 4.79 Å². The molecule has 1 aliphatic carbocycles. The van der Waals surface area contributed by atoms with Gasteiger partial charge in [-0.05, 0) is 47.4 Å². The van der Waals surface area contributed by atoms with Crippen molar-refractivity contribution in [2.45, 2.75) is 37.5 Å². The molecule has 5 rings (SSSR count). The molecule has 1 saturated carbocycles. The molecule has 0 unspecified atom stereocenters. The van der Waals surface area contributed by atoms with Crippen LogP contribution in [0.3, 0.4) is 0 Å². The molecule has 1 amide bonds. The molecule has 1 fully saturated rings. The van der Waals surface area contributed by atoms with Gasteiger partial charge in [-0.25, -0.2) is 9.67 Å². The van der Waals surface area contributed by atoms with Crippen molar-refractivity contribution in [1.29, 1.82) is 0 Å². The average molecular weight is 437 g/mol. The fourth-order valence-corrected chi connectivity index (χ4v) is 5.13. The highest BCUT2D eigenvalue weighted by atomic mass is 32.2. The summed E-state index contributed by atoms with van der Waals surface area (Å²) in [6, 6.07) is 16.5. The van der Waals surface area contributed by atoms with Crippen molar-refractivity contribution in [2.24, 2.45) is 0 Å². The predicted molar refractivity (Wildman–Crippen MR) is 119 cm³/mol. The van der Waals surface area contributed by atoms with Gasteiger partial charge in [0, 0.05) is 0 Å². The van der Waals surface area contributed by atoms with Crippen molar-refractivity contribution in [3.8, 4) is 0 Å². The number of aromatic nitrogens is 5. The monoisotopic (exact) mass is 436 g/mol. The summed E-state index contributed by atoms with van der Waals surface area (Å²) in [7, 11) is 0. The van der Waals surface area contributed by atoms with Crippen molar-refractivity contribution in [2.75, 3.05) is 10.7 Å². The number of aryl methyl sites for hydroxylation is 1. The summed E-state index contributed by atoms with van der Waals surface area (Å²) in [5.74, 6) is 0.250. The Morgan fingerprint density at radius 2 is 2.03 bits per heavy atom. The minimum absolute atomic E-state index is 0.00842. The van der Waals surface area contributed by atoms with Gasteiger partial charge in [-0.3, -0.25) is 9.69 Å². The molecule has 0 atom stereocenters. The molecule has 7 nitrogen and oxygen atoms in total. The fourth-order valence-electron chi connectivity index (χ4n) is 3.25. The molecule has 152 valence electrons. The SMILES string of the molecule is Cc1cccc2sc(N(Cc3ccccc3)C(=O)CSc3nnnn3C3CC3)nc12. The molecule has 0 radical (unpaired) electrons. The molecule has 2 aromatic heterocycles. The lowest BCUT2D eigenvalue weighted by molar-refractivity contribution is -0.116. The number of thiazole rings is 1. The first-order chi connectivity index (χ1) is 14.7. The number of benzene rings is 2. The van der Waals surface area contributed by atoms with Gasteiger partial charge in [0.05, 0.1) is 28.6 Å². The summed E-state index contributed by atoms with van der Waals surface area (Å²) in [6.07, 6.45) is 2.19. The first-order valence-electron chi connectivity index (χ1n) is 9.80. The van der Waals surface area contributed by atoms with Gasteiger partial charge in [0.25, 0.3) is 0 Å². The average Bonchev–Trinajstić information content (AvgIpc) is 3.33. The molecule has 1 aliphatic rings. The summed E-state index contributed by atoms with van der Waals surface area (Å²) in [5, 5.41) is 13.4. The lowest BCUT2D eigenvalue weighted by Crippen LogP contribution is -2.32. The Balaban J connectivity index is 1.41. The summed E-state index contributed by atoms with van der Waals surface area (Å²) < 4.78 is 2.92. The third-order valence-corrected chi connectivity index (χ3v) is 6.97. The topological polar surface area (TPSA) is 76.8 Å². The van der Waals surface area contributed by atoms with E-state index >= 15 is 0 Å².